The van der Waals surface area contributed by atoms with Gasteiger partial charge in [-0.3, -0.25) is 9.59 Å². The first-order chi connectivity index (χ1) is 14.9. The lowest BCUT2D eigenvalue weighted by Gasteiger charge is -2.18. The molecule has 0 saturated carbocycles. The molecular formula is C23H18F2N2O4. The topological polar surface area (TPSA) is 84.5 Å². The number of hydrogen-bond acceptors (Lipinski definition) is 4. The molecule has 0 fully saturated rings. The number of carbonyl (C=O) groups is 3. The molecular weight excluding hydrogens is 406 g/mol. The highest BCUT2D eigenvalue weighted by molar-refractivity contribution is 5.97. The molecule has 0 heterocycles. The van der Waals surface area contributed by atoms with Crippen molar-refractivity contribution in [2.45, 2.75) is 6.04 Å². The van der Waals surface area contributed by atoms with Crippen molar-refractivity contribution in [3.63, 3.8) is 0 Å². The number of carbonyl (C=O) groups excluding carboxylic acids is 3. The molecule has 3 aromatic rings. The van der Waals surface area contributed by atoms with Crippen molar-refractivity contribution >= 4 is 23.5 Å². The van der Waals surface area contributed by atoms with Crippen LogP contribution in [0.2, 0.25) is 0 Å². The molecule has 8 heteroatoms. The summed E-state index contributed by atoms with van der Waals surface area (Å²) in [5.41, 5.74) is 0.696. The number of anilines is 1. The van der Waals surface area contributed by atoms with E-state index in [0.29, 0.717) is 17.2 Å². The Kier molecular flexibility index (Phi) is 7.05. The quantitative estimate of drug-likeness (QED) is 0.568. The van der Waals surface area contributed by atoms with E-state index in [-0.39, 0.29) is 5.69 Å². The van der Waals surface area contributed by atoms with E-state index in [9.17, 15) is 23.2 Å². The van der Waals surface area contributed by atoms with Crippen LogP contribution in [0.4, 0.5) is 14.5 Å². The van der Waals surface area contributed by atoms with Crippen LogP contribution in [-0.2, 0) is 14.3 Å². The maximum atomic E-state index is 13.2. The molecule has 6 nitrogen and oxygen atoms in total. The summed E-state index contributed by atoms with van der Waals surface area (Å²) in [6, 6.07) is 18.1. The van der Waals surface area contributed by atoms with Gasteiger partial charge in [-0.15, -0.1) is 0 Å². The highest BCUT2D eigenvalue weighted by atomic mass is 19.1. The average molecular weight is 424 g/mol. The summed E-state index contributed by atoms with van der Waals surface area (Å²) in [6.07, 6.45) is 0. The van der Waals surface area contributed by atoms with Gasteiger partial charge in [0.1, 0.15) is 11.6 Å². The molecule has 2 N–H and O–H groups in total. The van der Waals surface area contributed by atoms with E-state index >= 15 is 0 Å². The summed E-state index contributed by atoms with van der Waals surface area (Å²) in [5.74, 6) is -3.87. The Morgan fingerprint density at radius 2 is 1.42 bits per heavy atom. The van der Waals surface area contributed by atoms with Gasteiger partial charge in [-0.25, -0.2) is 13.6 Å². The van der Waals surface area contributed by atoms with Gasteiger partial charge < -0.3 is 15.4 Å². The van der Waals surface area contributed by atoms with Gasteiger partial charge in [0, 0.05) is 17.3 Å². The molecule has 2 amide bonds. The second-order valence-electron chi connectivity index (χ2n) is 6.50. The number of amides is 2. The van der Waals surface area contributed by atoms with Gasteiger partial charge >= 0.3 is 5.97 Å². The predicted molar refractivity (Wildman–Crippen MR) is 109 cm³/mol. The van der Waals surface area contributed by atoms with Crippen LogP contribution in [0.5, 0.6) is 0 Å². The molecule has 0 aliphatic carbocycles. The molecule has 0 saturated heterocycles. The fourth-order valence-electron chi connectivity index (χ4n) is 2.77. The first-order valence-electron chi connectivity index (χ1n) is 9.26. The van der Waals surface area contributed by atoms with Crippen molar-refractivity contribution in [2.75, 3.05) is 11.9 Å². The molecule has 1 atom stereocenters. The van der Waals surface area contributed by atoms with Crippen LogP contribution in [0.15, 0.2) is 78.9 Å². The molecule has 0 aliphatic rings. The highest BCUT2D eigenvalue weighted by Gasteiger charge is 2.25. The fourth-order valence-corrected chi connectivity index (χ4v) is 2.77. The van der Waals surface area contributed by atoms with Crippen molar-refractivity contribution in [1.29, 1.82) is 0 Å². The Hall–Kier alpha value is -4.07. The Morgan fingerprint density at radius 1 is 0.839 bits per heavy atom. The summed E-state index contributed by atoms with van der Waals surface area (Å²) >= 11 is 0. The maximum absolute atomic E-state index is 13.2. The fraction of sp³-hybridized carbons (Fsp3) is 0.0870. The van der Waals surface area contributed by atoms with Gasteiger partial charge in [0.15, 0.2) is 12.6 Å². The van der Waals surface area contributed by atoms with E-state index in [2.05, 4.69) is 10.6 Å². The largest absolute Gasteiger partial charge is 0.454 e. The second-order valence-corrected chi connectivity index (χ2v) is 6.50. The minimum atomic E-state index is -1.16. The third-order valence-corrected chi connectivity index (χ3v) is 4.17. The van der Waals surface area contributed by atoms with Crippen LogP contribution in [-0.4, -0.2) is 24.4 Å². The number of hydrogen-bond donors (Lipinski definition) is 2. The van der Waals surface area contributed by atoms with Gasteiger partial charge in [-0.05, 0) is 29.8 Å². The number of ether oxygens (including phenoxy) is 1. The third-order valence-electron chi connectivity index (χ3n) is 4.17. The van der Waals surface area contributed by atoms with Gasteiger partial charge in [0.05, 0.1) is 0 Å². The zero-order valence-electron chi connectivity index (χ0n) is 16.2. The monoisotopic (exact) mass is 424 g/mol. The molecule has 0 aromatic heterocycles. The molecule has 31 heavy (non-hydrogen) atoms. The van der Waals surface area contributed by atoms with Crippen LogP contribution < -0.4 is 10.6 Å². The van der Waals surface area contributed by atoms with Crippen molar-refractivity contribution in [1.82, 2.24) is 5.32 Å². The molecule has 3 rings (SSSR count). The van der Waals surface area contributed by atoms with E-state index in [0.717, 1.165) is 12.1 Å². The van der Waals surface area contributed by atoms with Crippen molar-refractivity contribution in [3.8, 4) is 0 Å². The second kappa shape index (κ2) is 10.1. The third kappa shape index (κ3) is 6.20. The summed E-state index contributed by atoms with van der Waals surface area (Å²) in [5, 5.41) is 4.83. The SMILES string of the molecule is O=C(COC(=O)C(NC(=O)c1ccccc1)c1ccccc1)Nc1cc(F)cc(F)c1. The summed E-state index contributed by atoms with van der Waals surface area (Å²) in [4.78, 5) is 37.2. The predicted octanol–water partition coefficient (Wildman–Crippen LogP) is 3.62. The lowest BCUT2D eigenvalue weighted by atomic mass is 10.1. The number of nitrogens with one attached hydrogen (secondary N) is 2. The minimum Gasteiger partial charge on any atom is -0.454 e. The van der Waals surface area contributed by atoms with Gasteiger partial charge in [-0.1, -0.05) is 48.5 Å². The number of rotatable bonds is 7. The van der Waals surface area contributed by atoms with Crippen molar-refractivity contribution < 1.29 is 27.9 Å². The molecule has 0 radical (unpaired) electrons. The molecule has 0 spiro atoms. The smallest absolute Gasteiger partial charge is 0.333 e. The van der Waals surface area contributed by atoms with E-state index in [1.54, 1.807) is 60.7 Å². The number of benzene rings is 3. The molecule has 1 unspecified atom stereocenters. The first-order valence-corrected chi connectivity index (χ1v) is 9.26. The highest BCUT2D eigenvalue weighted by Crippen LogP contribution is 2.16. The molecule has 3 aromatic carbocycles. The number of esters is 1. The summed E-state index contributed by atoms with van der Waals surface area (Å²) < 4.78 is 31.5. The Labute approximate surface area is 176 Å². The lowest BCUT2D eigenvalue weighted by Crippen LogP contribution is -2.36. The normalized spacial score (nSPS) is 11.3. The van der Waals surface area contributed by atoms with E-state index in [1.165, 1.54) is 0 Å². The average Bonchev–Trinajstić information content (AvgIpc) is 2.76. The van der Waals surface area contributed by atoms with Crippen LogP contribution in [0, 0.1) is 11.6 Å². The van der Waals surface area contributed by atoms with E-state index in [1.807, 2.05) is 0 Å². The van der Waals surface area contributed by atoms with Crippen LogP contribution >= 0.6 is 0 Å². The maximum Gasteiger partial charge on any atom is 0.333 e. The Morgan fingerprint density at radius 3 is 2.03 bits per heavy atom. The van der Waals surface area contributed by atoms with Crippen LogP contribution in [0.25, 0.3) is 0 Å². The zero-order valence-corrected chi connectivity index (χ0v) is 16.2. The van der Waals surface area contributed by atoms with E-state index < -0.39 is 42.1 Å². The van der Waals surface area contributed by atoms with Crippen molar-refractivity contribution in [3.05, 3.63) is 102 Å². The van der Waals surface area contributed by atoms with Crippen molar-refractivity contribution in [2.24, 2.45) is 0 Å². The lowest BCUT2D eigenvalue weighted by molar-refractivity contribution is -0.149. The van der Waals surface area contributed by atoms with Crippen LogP contribution in [0.1, 0.15) is 22.0 Å². The molecule has 158 valence electrons. The standard InChI is InChI=1S/C23H18F2N2O4/c24-17-11-18(25)13-19(12-17)26-20(28)14-31-23(30)21(15-7-3-1-4-8-15)27-22(29)16-9-5-2-6-10-16/h1-13,21H,14H2,(H,26,28)(H,27,29). The molecule has 0 aliphatic heterocycles. The van der Waals surface area contributed by atoms with Gasteiger partial charge in [0.25, 0.3) is 11.8 Å². The first kappa shape index (κ1) is 21.6. The summed E-state index contributed by atoms with van der Waals surface area (Å²) in [7, 11) is 0. The Balaban J connectivity index is 1.67. The van der Waals surface area contributed by atoms with Gasteiger partial charge in [-0.2, -0.15) is 0 Å². The zero-order chi connectivity index (χ0) is 22.2. The van der Waals surface area contributed by atoms with Crippen LogP contribution in [0.3, 0.4) is 0 Å². The van der Waals surface area contributed by atoms with E-state index in [4.69, 9.17) is 4.74 Å². The molecule has 0 bridgehead atoms. The Bertz CT molecular complexity index is 1060. The minimum absolute atomic E-state index is 0.115. The van der Waals surface area contributed by atoms with Gasteiger partial charge in [0.2, 0.25) is 0 Å². The summed E-state index contributed by atoms with van der Waals surface area (Å²) in [6.45, 7) is -0.707. The number of halogens is 2.